The van der Waals surface area contributed by atoms with Gasteiger partial charge in [-0.15, -0.1) is 5.54 Å². The molecule has 176 valence electrons. The first-order chi connectivity index (χ1) is 14.9. The van der Waals surface area contributed by atoms with E-state index in [1.54, 1.807) is 26.1 Å². The average Bonchev–Trinajstić information content (AvgIpc) is 3.04. The zero-order chi connectivity index (χ0) is 24.3. The Bertz CT molecular complexity index is 1080. The highest BCUT2D eigenvalue weighted by atomic mass is 32.2. The van der Waals surface area contributed by atoms with Crippen molar-refractivity contribution in [1.82, 2.24) is 10.1 Å². The number of hydrogen-bond donors (Lipinski definition) is 0. The van der Waals surface area contributed by atoms with Crippen LogP contribution in [0.3, 0.4) is 0 Å². The molecule has 0 spiro atoms. The molecule has 0 saturated heterocycles. The summed E-state index contributed by atoms with van der Waals surface area (Å²) in [6.45, 7) is 16.6. The second kappa shape index (κ2) is 10.2. The lowest BCUT2D eigenvalue weighted by atomic mass is 10.3. The summed E-state index contributed by atoms with van der Waals surface area (Å²) in [6.07, 6.45) is 1.57. The van der Waals surface area contributed by atoms with Gasteiger partial charge in [-0.2, -0.15) is 0 Å². The number of methoxy groups -OCH3 is 1. The molecule has 0 unspecified atom stereocenters. The lowest BCUT2D eigenvalue weighted by Gasteiger charge is -2.38. The summed E-state index contributed by atoms with van der Waals surface area (Å²) in [5, 5.41) is 3.90. The fraction of sp³-hybridized carbons (Fsp3) is 0.565. The van der Waals surface area contributed by atoms with Crippen LogP contribution >= 0.6 is 0 Å². The van der Waals surface area contributed by atoms with Gasteiger partial charge in [-0.25, -0.2) is 17.7 Å². The lowest BCUT2D eigenvalue weighted by molar-refractivity contribution is 0.205. The second-order valence-electron chi connectivity index (χ2n) is 8.97. The minimum absolute atomic E-state index is 0.0252. The third-order valence-electron chi connectivity index (χ3n) is 6.21. The third kappa shape index (κ3) is 4.77. The molecule has 2 aromatic heterocycles. The molecule has 2 rings (SSSR count). The van der Waals surface area contributed by atoms with E-state index in [1.165, 1.54) is 13.2 Å². The van der Waals surface area contributed by atoms with Crippen molar-refractivity contribution in [2.75, 3.05) is 18.1 Å². The molecule has 0 amide bonds. The summed E-state index contributed by atoms with van der Waals surface area (Å²) in [7, 11) is -4.70. The van der Waals surface area contributed by atoms with Crippen molar-refractivity contribution in [3.63, 3.8) is 0 Å². The van der Waals surface area contributed by atoms with Crippen molar-refractivity contribution in [3.05, 3.63) is 35.3 Å². The number of aryl methyl sites for hydroxylation is 1. The van der Waals surface area contributed by atoms with Gasteiger partial charge < -0.3 is 9.26 Å². The molecule has 0 bridgehead atoms. The molecular formula is C23H35N3O4SSi. The van der Waals surface area contributed by atoms with Crippen LogP contribution in [-0.2, 0) is 14.8 Å². The summed E-state index contributed by atoms with van der Waals surface area (Å²) in [4.78, 5) is 4.37. The number of hydrogen-bond acceptors (Lipinski definition) is 6. The Kier molecular flexibility index (Phi) is 8.31. The van der Waals surface area contributed by atoms with Gasteiger partial charge in [0.25, 0.3) is 10.0 Å². The molecule has 9 heteroatoms. The quantitative estimate of drug-likeness (QED) is 0.300. The molecule has 0 aromatic carbocycles. The first-order valence-corrected chi connectivity index (χ1v) is 14.5. The van der Waals surface area contributed by atoms with Crippen LogP contribution in [0.2, 0.25) is 16.6 Å². The van der Waals surface area contributed by atoms with E-state index in [2.05, 4.69) is 63.1 Å². The molecule has 32 heavy (non-hydrogen) atoms. The molecule has 0 atom stereocenters. The van der Waals surface area contributed by atoms with Gasteiger partial charge >= 0.3 is 0 Å². The van der Waals surface area contributed by atoms with Crippen molar-refractivity contribution >= 4 is 24.0 Å². The number of aromatic nitrogens is 2. The molecular weight excluding hydrogens is 442 g/mol. The van der Waals surface area contributed by atoms with Crippen molar-refractivity contribution in [1.29, 1.82) is 0 Å². The maximum absolute atomic E-state index is 13.7. The largest absolute Gasteiger partial charge is 0.363 e. The molecule has 0 N–H and O–H groups in total. The van der Waals surface area contributed by atoms with Crippen LogP contribution in [0.15, 0.2) is 27.7 Å². The minimum Gasteiger partial charge on any atom is -0.363 e. The van der Waals surface area contributed by atoms with Crippen LogP contribution in [0, 0.1) is 25.3 Å². The Morgan fingerprint density at radius 2 is 1.72 bits per heavy atom. The summed E-state index contributed by atoms with van der Waals surface area (Å²) in [5.41, 5.74) is 6.31. The number of anilines is 1. The maximum atomic E-state index is 13.7. The fourth-order valence-corrected chi connectivity index (χ4v) is 11.1. The maximum Gasteiger partial charge on any atom is 0.271 e. The van der Waals surface area contributed by atoms with Crippen LogP contribution in [0.4, 0.5) is 5.88 Å². The van der Waals surface area contributed by atoms with E-state index >= 15 is 0 Å². The summed E-state index contributed by atoms with van der Waals surface area (Å²) in [6, 6.07) is 3.12. The molecule has 0 radical (unpaired) electrons. The summed E-state index contributed by atoms with van der Waals surface area (Å²) in [5.74, 6) is 3.31. The zero-order valence-corrected chi connectivity index (χ0v) is 22.4. The molecule has 2 aromatic rings. The van der Waals surface area contributed by atoms with Crippen LogP contribution < -0.4 is 4.31 Å². The SMILES string of the molecule is COCN(c1onc(C)c1C)S(=O)(=O)c1cccnc1C#C[Si](C(C)C)(C(C)C)C(C)C. The number of pyridine rings is 1. The molecule has 0 saturated carbocycles. The van der Waals surface area contributed by atoms with Gasteiger partial charge in [0.05, 0.1) is 5.69 Å². The number of rotatable bonds is 8. The summed E-state index contributed by atoms with van der Waals surface area (Å²) < 4.78 is 39.0. The first-order valence-electron chi connectivity index (χ1n) is 10.8. The van der Waals surface area contributed by atoms with Gasteiger partial charge in [0, 0.05) is 18.9 Å². The van der Waals surface area contributed by atoms with E-state index in [9.17, 15) is 8.42 Å². The number of nitrogens with zero attached hydrogens (tertiary/aromatic N) is 3. The zero-order valence-electron chi connectivity index (χ0n) is 20.6. The Balaban J connectivity index is 2.68. The predicted octanol–water partition coefficient (Wildman–Crippen LogP) is 5.06. The molecule has 2 heterocycles. The van der Waals surface area contributed by atoms with Crippen LogP contribution in [-0.4, -0.2) is 40.5 Å². The number of sulfonamides is 1. The monoisotopic (exact) mass is 477 g/mol. The van der Waals surface area contributed by atoms with Crippen molar-refractivity contribution in [2.24, 2.45) is 0 Å². The third-order valence-corrected chi connectivity index (χ3v) is 14.2. The molecule has 0 aliphatic rings. The minimum atomic E-state index is -4.06. The lowest BCUT2D eigenvalue weighted by Crippen LogP contribution is -2.43. The van der Waals surface area contributed by atoms with Crippen LogP contribution in [0.5, 0.6) is 0 Å². The first kappa shape index (κ1) is 26.1. The highest BCUT2D eigenvalue weighted by Gasteiger charge is 2.42. The molecule has 0 aliphatic heterocycles. The van der Waals surface area contributed by atoms with Gasteiger partial charge in [-0.3, -0.25) is 0 Å². The normalized spacial score (nSPS) is 12.4. The molecule has 7 nitrogen and oxygen atoms in total. The Labute approximate surface area is 193 Å². The van der Waals surface area contributed by atoms with Gasteiger partial charge in [0.15, 0.2) is 0 Å². The Morgan fingerprint density at radius 1 is 1.12 bits per heavy atom. The molecule has 0 aliphatic carbocycles. The standard InChI is InChI=1S/C23H35N3O4SSi/c1-16(2)32(17(3)4,18(5)6)14-12-21-22(11-10-13-24-21)31(27,28)26(15-29-9)23-19(7)20(8)25-30-23/h10-11,13,16-18H,15H2,1-9H3. The topological polar surface area (TPSA) is 85.5 Å². The predicted molar refractivity (Wildman–Crippen MR) is 130 cm³/mol. The Morgan fingerprint density at radius 3 is 2.19 bits per heavy atom. The van der Waals surface area contributed by atoms with Crippen LogP contribution in [0.1, 0.15) is 58.5 Å². The van der Waals surface area contributed by atoms with E-state index in [4.69, 9.17) is 9.26 Å². The number of ether oxygens (including phenoxy) is 1. The van der Waals surface area contributed by atoms with Crippen molar-refractivity contribution in [2.45, 2.75) is 76.9 Å². The van der Waals surface area contributed by atoms with E-state index in [0.717, 1.165) is 4.31 Å². The summed E-state index contributed by atoms with van der Waals surface area (Å²) >= 11 is 0. The smallest absolute Gasteiger partial charge is 0.271 e. The van der Waals surface area contributed by atoms with Gasteiger partial charge in [-0.05, 0) is 42.6 Å². The highest BCUT2D eigenvalue weighted by molar-refractivity contribution is 7.92. The van der Waals surface area contributed by atoms with Crippen molar-refractivity contribution in [3.8, 4) is 11.5 Å². The van der Waals surface area contributed by atoms with E-state index in [0.29, 0.717) is 27.9 Å². The second-order valence-corrected chi connectivity index (χ2v) is 16.4. The highest BCUT2D eigenvalue weighted by Crippen LogP contribution is 2.41. The van der Waals surface area contributed by atoms with Gasteiger partial charge in [-0.1, -0.05) is 52.6 Å². The Hall–Kier alpha value is -2.15. The van der Waals surface area contributed by atoms with Crippen molar-refractivity contribution < 1.29 is 17.7 Å². The van der Waals surface area contributed by atoms with E-state index in [-0.39, 0.29) is 23.2 Å². The van der Waals surface area contributed by atoms with E-state index in [1.807, 2.05) is 0 Å². The fourth-order valence-electron chi connectivity index (χ4n) is 4.40. The van der Waals surface area contributed by atoms with Crippen LogP contribution in [0.25, 0.3) is 0 Å². The van der Waals surface area contributed by atoms with Gasteiger partial charge in [0.1, 0.15) is 25.4 Å². The average molecular weight is 478 g/mol. The van der Waals surface area contributed by atoms with Gasteiger partial charge in [0.2, 0.25) is 5.88 Å². The molecule has 0 fully saturated rings. The van der Waals surface area contributed by atoms with E-state index < -0.39 is 18.1 Å².